The van der Waals surface area contributed by atoms with E-state index in [9.17, 15) is 8.42 Å². The Morgan fingerprint density at radius 1 is 0.947 bits per heavy atom. The lowest BCUT2D eigenvalue weighted by molar-refractivity contribution is 0.462. The van der Waals surface area contributed by atoms with Crippen molar-refractivity contribution in [1.29, 1.82) is 0 Å². The van der Waals surface area contributed by atoms with Gasteiger partial charge in [-0.2, -0.15) is 18.4 Å². The van der Waals surface area contributed by atoms with Gasteiger partial charge < -0.3 is 4.18 Å². The molecular weight excluding hydrogens is 264 g/mol. The summed E-state index contributed by atoms with van der Waals surface area (Å²) in [5.74, 6) is 0. The molecule has 0 unspecified atom stereocenters. The van der Waals surface area contributed by atoms with Crippen LogP contribution < -0.4 is 4.18 Å². The first-order valence-electron chi connectivity index (χ1n) is 5.70. The zero-order chi connectivity index (χ0) is 14.0. The van der Waals surface area contributed by atoms with Crippen molar-refractivity contribution in [1.82, 2.24) is 9.97 Å². The standard InChI is InChI=1S/C13H14N2O3S/c1-9-4-6-12(7-5-9)19(16,17)18-13-14-10(2)8-11(3)15-13/h4-8H,1-3H3. The molecule has 100 valence electrons. The number of hydrogen-bond donors (Lipinski definition) is 0. The van der Waals surface area contributed by atoms with Crippen molar-refractivity contribution in [2.24, 2.45) is 0 Å². The maximum atomic E-state index is 12.0. The van der Waals surface area contributed by atoms with Crippen molar-refractivity contribution < 1.29 is 12.6 Å². The van der Waals surface area contributed by atoms with Crippen LogP contribution in [0.3, 0.4) is 0 Å². The van der Waals surface area contributed by atoms with Gasteiger partial charge in [0.15, 0.2) is 0 Å². The van der Waals surface area contributed by atoms with Gasteiger partial charge in [0, 0.05) is 11.4 Å². The summed E-state index contributed by atoms with van der Waals surface area (Å²) < 4.78 is 29.0. The predicted octanol–water partition coefficient (Wildman–Crippen LogP) is 2.17. The Labute approximate surface area is 112 Å². The fraction of sp³-hybridized carbons (Fsp3) is 0.231. The lowest BCUT2D eigenvalue weighted by Gasteiger charge is -2.06. The Hall–Kier alpha value is -1.95. The number of nitrogens with zero attached hydrogens (tertiary/aromatic N) is 2. The van der Waals surface area contributed by atoms with Gasteiger partial charge in [0.2, 0.25) is 0 Å². The Morgan fingerprint density at radius 3 is 2.00 bits per heavy atom. The Morgan fingerprint density at radius 2 is 1.47 bits per heavy atom. The summed E-state index contributed by atoms with van der Waals surface area (Å²) in [7, 11) is -3.89. The molecule has 5 nitrogen and oxygen atoms in total. The van der Waals surface area contributed by atoms with Crippen LogP contribution in [0, 0.1) is 20.8 Å². The maximum Gasteiger partial charge on any atom is 0.341 e. The van der Waals surface area contributed by atoms with Gasteiger partial charge in [-0.25, -0.2) is 0 Å². The highest BCUT2D eigenvalue weighted by Gasteiger charge is 2.18. The molecule has 2 rings (SSSR count). The van der Waals surface area contributed by atoms with Gasteiger partial charge in [-0.15, -0.1) is 0 Å². The quantitative estimate of drug-likeness (QED) is 0.805. The molecule has 0 N–H and O–H groups in total. The molecule has 1 aromatic carbocycles. The molecule has 1 aromatic heterocycles. The van der Waals surface area contributed by atoms with Crippen molar-refractivity contribution >= 4 is 10.1 Å². The number of hydrogen-bond acceptors (Lipinski definition) is 5. The number of aryl methyl sites for hydroxylation is 3. The van der Waals surface area contributed by atoms with Crippen LogP contribution in [0.5, 0.6) is 6.01 Å². The van der Waals surface area contributed by atoms with Crippen molar-refractivity contribution in [3.8, 4) is 6.01 Å². The molecule has 0 radical (unpaired) electrons. The molecule has 0 aliphatic heterocycles. The SMILES string of the molecule is Cc1ccc(S(=O)(=O)Oc2nc(C)cc(C)n2)cc1. The maximum absolute atomic E-state index is 12.0. The summed E-state index contributed by atoms with van der Waals surface area (Å²) in [4.78, 5) is 7.98. The van der Waals surface area contributed by atoms with Gasteiger partial charge in [0.05, 0.1) is 0 Å². The van der Waals surface area contributed by atoms with E-state index in [0.29, 0.717) is 11.4 Å². The second kappa shape index (κ2) is 4.97. The lowest BCUT2D eigenvalue weighted by Crippen LogP contribution is -2.12. The highest BCUT2D eigenvalue weighted by Crippen LogP contribution is 2.16. The molecule has 1 heterocycles. The Bertz CT molecular complexity index is 674. The van der Waals surface area contributed by atoms with E-state index >= 15 is 0 Å². The third-order valence-electron chi connectivity index (χ3n) is 2.46. The molecule has 0 atom stereocenters. The molecule has 0 bridgehead atoms. The van der Waals surface area contributed by atoms with Crippen LogP contribution in [0.4, 0.5) is 0 Å². The smallest absolute Gasteiger partial charge is 0.339 e. The fourth-order valence-electron chi connectivity index (χ4n) is 1.58. The zero-order valence-electron chi connectivity index (χ0n) is 10.9. The first-order chi connectivity index (χ1) is 8.87. The van der Waals surface area contributed by atoms with Crippen LogP contribution in [0.1, 0.15) is 17.0 Å². The van der Waals surface area contributed by atoms with Crippen LogP contribution in [0.25, 0.3) is 0 Å². The third-order valence-corrected chi connectivity index (χ3v) is 3.67. The second-order valence-electron chi connectivity index (χ2n) is 4.28. The van der Waals surface area contributed by atoms with Gasteiger partial charge in [0.1, 0.15) is 4.90 Å². The molecule has 2 aromatic rings. The second-order valence-corrected chi connectivity index (χ2v) is 5.83. The van der Waals surface area contributed by atoms with Crippen LogP contribution >= 0.6 is 0 Å². The molecule has 0 amide bonds. The Kier molecular flexibility index (Phi) is 3.53. The molecule has 0 aliphatic carbocycles. The van der Waals surface area contributed by atoms with Crippen molar-refractivity contribution in [3.63, 3.8) is 0 Å². The van der Waals surface area contributed by atoms with Crippen LogP contribution in [-0.2, 0) is 10.1 Å². The van der Waals surface area contributed by atoms with Gasteiger partial charge in [0.25, 0.3) is 0 Å². The number of rotatable bonds is 3. The van der Waals surface area contributed by atoms with E-state index < -0.39 is 10.1 Å². The largest absolute Gasteiger partial charge is 0.341 e. The van der Waals surface area contributed by atoms with E-state index in [0.717, 1.165) is 5.56 Å². The Balaban J connectivity index is 2.33. The monoisotopic (exact) mass is 278 g/mol. The zero-order valence-corrected chi connectivity index (χ0v) is 11.7. The van der Waals surface area contributed by atoms with E-state index in [1.165, 1.54) is 12.1 Å². The molecule has 0 saturated heterocycles. The van der Waals surface area contributed by atoms with E-state index in [1.54, 1.807) is 32.0 Å². The normalized spacial score (nSPS) is 11.3. The predicted molar refractivity (Wildman–Crippen MR) is 70.5 cm³/mol. The van der Waals surface area contributed by atoms with E-state index in [2.05, 4.69) is 9.97 Å². The van der Waals surface area contributed by atoms with Crippen molar-refractivity contribution in [2.75, 3.05) is 0 Å². The summed E-state index contributed by atoms with van der Waals surface area (Å²) in [5, 5.41) is 0. The minimum absolute atomic E-state index is 0.0841. The van der Waals surface area contributed by atoms with Gasteiger partial charge in [-0.3, -0.25) is 0 Å². The summed E-state index contributed by atoms with van der Waals surface area (Å²) in [6.07, 6.45) is 0. The summed E-state index contributed by atoms with van der Waals surface area (Å²) in [6.45, 7) is 5.38. The summed E-state index contributed by atoms with van der Waals surface area (Å²) >= 11 is 0. The fourth-order valence-corrected chi connectivity index (χ4v) is 2.42. The van der Waals surface area contributed by atoms with Gasteiger partial charge in [-0.05, 0) is 39.0 Å². The highest BCUT2D eigenvalue weighted by molar-refractivity contribution is 7.87. The average Bonchev–Trinajstić information content (AvgIpc) is 2.27. The third kappa shape index (κ3) is 3.29. The molecular formula is C13H14N2O3S. The minimum atomic E-state index is -3.89. The van der Waals surface area contributed by atoms with Crippen LogP contribution in [-0.4, -0.2) is 18.4 Å². The first kappa shape index (κ1) is 13.5. The first-order valence-corrected chi connectivity index (χ1v) is 7.11. The molecule has 0 saturated carbocycles. The number of benzene rings is 1. The minimum Gasteiger partial charge on any atom is -0.339 e. The topological polar surface area (TPSA) is 69.2 Å². The van der Waals surface area contributed by atoms with Crippen molar-refractivity contribution in [3.05, 3.63) is 47.3 Å². The molecule has 0 spiro atoms. The highest BCUT2D eigenvalue weighted by atomic mass is 32.2. The van der Waals surface area contributed by atoms with E-state index in [4.69, 9.17) is 4.18 Å². The van der Waals surface area contributed by atoms with E-state index in [-0.39, 0.29) is 10.9 Å². The van der Waals surface area contributed by atoms with Crippen molar-refractivity contribution in [2.45, 2.75) is 25.7 Å². The summed E-state index contributed by atoms with van der Waals surface area (Å²) in [6, 6.07) is 7.99. The van der Waals surface area contributed by atoms with Gasteiger partial charge in [-0.1, -0.05) is 17.7 Å². The summed E-state index contributed by atoms with van der Waals surface area (Å²) in [5.41, 5.74) is 2.28. The average molecular weight is 278 g/mol. The van der Waals surface area contributed by atoms with E-state index in [1.807, 2.05) is 6.92 Å². The van der Waals surface area contributed by atoms with Gasteiger partial charge >= 0.3 is 16.1 Å². The molecule has 6 heteroatoms. The number of aromatic nitrogens is 2. The molecule has 19 heavy (non-hydrogen) atoms. The van der Waals surface area contributed by atoms with Crippen LogP contribution in [0.15, 0.2) is 35.2 Å². The van der Waals surface area contributed by atoms with Crippen LogP contribution in [0.2, 0.25) is 0 Å². The lowest BCUT2D eigenvalue weighted by atomic mass is 10.2. The molecule has 0 aliphatic rings. The molecule has 0 fully saturated rings.